The predicted molar refractivity (Wildman–Crippen MR) is 62.1 cm³/mol. The summed E-state index contributed by atoms with van der Waals surface area (Å²) in [5, 5.41) is 4.47. The molecular formula is C10H12N4S. The summed E-state index contributed by atoms with van der Waals surface area (Å²) in [5.74, 6) is 3.86. The number of pyridine rings is 1. The normalized spacial score (nSPS) is 21.2. The van der Waals surface area contributed by atoms with Gasteiger partial charge in [0.2, 0.25) is 0 Å². The molecule has 2 aromatic heterocycles. The molecule has 1 unspecified atom stereocenters. The fraction of sp³-hybridized carbons (Fsp3) is 0.400. The summed E-state index contributed by atoms with van der Waals surface area (Å²) in [7, 11) is 0. The van der Waals surface area contributed by atoms with E-state index in [4.69, 9.17) is 5.73 Å². The van der Waals surface area contributed by atoms with Crippen LogP contribution in [0.15, 0.2) is 18.3 Å². The first kappa shape index (κ1) is 9.03. The number of hydrogen-bond acceptors (Lipinski definition) is 4. The van der Waals surface area contributed by atoms with Crippen molar-refractivity contribution in [2.75, 3.05) is 17.2 Å². The molecule has 15 heavy (non-hydrogen) atoms. The Morgan fingerprint density at radius 2 is 2.47 bits per heavy atom. The quantitative estimate of drug-likeness (QED) is 0.792. The molecule has 5 heteroatoms. The van der Waals surface area contributed by atoms with Gasteiger partial charge in [0, 0.05) is 29.6 Å². The smallest absolute Gasteiger partial charge is 0.157 e. The van der Waals surface area contributed by atoms with Crippen LogP contribution in [0.25, 0.3) is 5.65 Å². The Kier molecular flexibility index (Phi) is 2.05. The van der Waals surface area contributed by atoms with Crippen molar-refractivity contribution in [1.82, 2.24) is 14.6 Å². The zero-order valence-corrected chi connectivity index (χ0v) is 9.07. The lowest BCUT2D eigenvalue weighted by molar-refractivity contribution is 0.713. The van der Waals surface area contributed by atoms with E-state index in [2.05, 4.69) is 10.1 Å². The summed E-state index contributed by atoms with van der Waals surface area (Å²) in [6.45, 7) is 0. The van der Waals surface area contributed by atoms with Crippen molar-refractivity contribution in [3.05, 3.63) is 24.2 Å². The van der Waals surface area contributed by atoms with Crippen LogP contribution in [0.1, 0.15) is 18.2 Å². The van der Waals surface area contributed by atoms with Crippen LogP contribution in [0.3, 0.4) is 0 Å². The van der Waals surface area contributed by atoms with Crippen molar-refractivity contribution >= 4 is 23.1 Å². The highest BCUT2D eigenvalue weighted by Crippen LogP contribution is 2.30. The van der Waals surface area contributed by atoms with Crippen LogP contribution < -0.4 is 5.73 Å². The Morgan fingerprint density at radius 1 is 1.53 bits per heavy atom. The minimum absolute atomic E-state index is 0.524. The molecule has 1 fully saturated rings. The third kappa shape index (κ3) is 1.56. The van der Waals surface area contributed by atoms with Crippen LogP contribution in [0.5, 0.6) is 0 Å². The molecule has 2 aromatic rings. The number of fused-ring (bicyclic) bond motifs is 1. The molecule has 1 saturated heterocycles. The molecule has 0 bridgehead atoms. The third-order valence-corrected chi connectivity index (χ3v) is 3.84. The van der Waals surface area contributed by atoms with Gasteiger partial charge in [0.25, 0.3) is 0 Å². The Balaban J connectivity index is 2.05. The van der Waals surface area contributed by atoms with Crippen LogP contribution in [-0.2, 0) is 0 Å². The Hall–Kier alpha value is -1.23. The first-order valence-electron chi connectivity index (χ1n) is 5.02. The maximum Gasteiger partial charge on any atom is 0.157 e. The van der Waals surface area contributed by atoms with Crippen LogP contribution >= 0.6 is 11.8 Å². The van der Waals surface area contributed by atoms with E-state index < -0.39 is 0 Å². The van der Waals surface area contributed by atoms with Gasteiger partial charge in [-0.1, -0.05) is 0 Å². The average molecular weight is 220 g/mol. The van der Waals surface area contributed by atoms with E-state index in [1.807, 2.05) is 30.1 Å². The van der Waals surface area contributed by atoms with Gasteiger partial charge >= 0.3 is 0 Å². The van der Waals surface area contributed by atoms with Gasteiger partial charge in [0.1, 0.15) is 0 Å². The number of thioether (sulfide) groups is 1. The lowest BCUT2D eigenvalue weighted by Gasteiger charge is -1.99. The number of rotatable bonds is 1. The third-order valence-electron chi connectivity index (χ3n) is 2.67. The van der Waals surface area contributed by atoms with Gasteiger partial charge in [-0.25, -0.2) is 9.50 Å². The number of aromatic nitrogens is 3. The molecular weight excluding hydrogens is 208 g/mol. The van der Waals surface area contributed by atoms with E-state index in [9.17, 15) is 0 Å². The van der Waals surface area contributed by atoms with Gasteiger partial charge in [-0.05, 0) is 18.2 Å². The minimum Gasteiger partial charge on any atom is -0.399 e. The average Bonchev–Trinajstić information content (AvgIpc) is 2.84. The van der Waals surface area contributed by atoms with Crippen molar-refractivity contribution < 1.29 is 0 Å². The molecule has 0 radical (unpaired) electrons. The molecule has 1 aliphatic rings. The molecule has 1 atom stereocenters. The highest BCUT2D eigenvalue weighted by atomic mass is 32.2. The van der Waals surface area contributed by atoms with Crippen molar-refractivity contribution in [2.24, 2.45) is 0 Å². The first-order valence-corrected chi connectivity index (χ1v) is 6.18. The standard InChI is InChI=1S/C10H12N4S/c11-8-1-3-14-9(5-8)12-10(13-14)7-2-4-15-6-7/h1,3,5,7H,2,4,6,11H2. The highest BCUT2D eigenvalue weighted by molar-refractivity contribution is 7.99. The largest absolute Gasteiger partial charge is 0.399 e. The zero-order chi connectivity index (χ0) is 10.3. The maximum absolute atomic E-state index is 5.70. The molecule has 0 amide bonds. The van der Waals surface area contributed by atoms with Gasteiger partial charge in [0.15, 0.2) is 11.5 Å². The van der Waals surface area contributed by atoms with Crippen molar-refractivity contribution in [1.29, 1.82) is 0 Å². The van der Waals surface area contributed by atoms with E-state index in [1.165, 1.54) is 12.2 Å². The van der Waals surface area contributed by atoms with Crippen LogP contribution in [0.2, 0.25) is 0 Å². The number of anilines is 1. The van der Waals surface area contributed by atoms with Crippen molar-refractivity contribution in [2.45, 2.75) is 12.3 Å². The van der Waals surface area contributed by atoms with Gasteiger partial charge in [-0.2, -0.15) is 16.9 Å². The van der Waals surface area contributed by atoms with Crippen molar-refractivity contribution in [3.8, 4) is 0 Å². The molecule has 0 aliphatic carbocycles. The summed E-state index contributed by atoms with van der Waals surface area (Å²) in [6, 6.07) is 3.70. The Morgan fingerprint density at radius 3 is 3.27 bits per heavy atom. The summed E-state index contributed by atoms with van der Waals surface area (Å²) < 4.78 is 1.80. The summed E-state index contributed by atoms with van der Waals surface area (Å²) in [6.07, 6.45) is 3.06. The summed E-state index contributed by atoms with van der Waals surface area (Å²) >= 11 is 1.98. The monoisotopic (exact) mass is 220 g/mol. The topological polar surface area (TPSA) is 56.2 Å². The molecule has 0 spiro atoms. The van der Waals surface area contributed by atoms with E-state index in [-0.39, 0.29) is 0 Å². The number of hydrogen-bond donors (Lipinski definition) is 1. The number of nitrogens with two attached hydrogens (primary N) is 1. The van der Waals surface area contributed by atoms with Crippen LogP contribution in [-0.4, -0.2) is 26.1 Å². The van der Waals surface area contributed by atoms with Gasteiger partial charge in [-0.15, -0.1) is 0 Å². The predicted octanol–water partition coefficient (Wildman–Crippen LogP) is 1.53. The second-order valence-corrected chi connectivity index (χ2v) is 4.94. The Bertz CT molecular complexity index is 487. The van der Waals surface area contributed by atoms with Crippen LogP contribution in [0, 0.1) is 0 Å². The highest BCUT2D eigenvalue weighted by Gasteiger charge is 2.21. The lowest BCUT2D eigenvalue weighted by atomic mass is 10.1. The first-order chi connectivity index (χ1) is 7.33. The second-order valence-electron chi connectivity index (χ2n) is 3.79. The fourth-order valence-corrected chi connectivity index (χ4v) is 3.04. The Labute approximate surface area is 91.9 Å². The molecule has 2 N–H and O–H groups in total. The number of nitrogens with zero attached hydrogens (tertiary/aromatic N) is 3. The molecule has 0 saturated carbocycles. The molecule has 0 aromatic carbocycles. The molecule has 3 heterocycles. The summed E-state index contributed by atoms with van der Waals surface area (Å²) in [5.41, 5.74) is 7.29. The van der Waals surface area contributed by atoms with E-state index in [1.54, 1.807) is 4.52 Å². The van der Waals surface area contributed by atoms with E-state index in [0.29, 0.717) is 5.92 Å². The number of nitrogen functional groups attached to an aromatic ring is 1. The molecule has 1 aliphatic heterocycles. The SMILES string of the molecule is Nc1ccn2nc(C3CCSC3)nc2c1. The van der Waals surface area contributed by atoms with Gasteiger partial charge in [-0.3, -0.25) is 0 Å². The van der Waals surface area contributed by atoms with E-state index in [0.717, 1.165) is 22.9 Å². The van der Waals surface area contributed by atoms with Crippen LogP contribution in [0.4, 0.5) is 5.69 Å². The van der Waals surface area contributed by atoms with E-state index >= 15 is 0 Å². The molecule has 78 valence electrons. The second kappa shape index (κ2) is 3.41. The zero-order valence-electron chi connectivity index (χ0n) is 8.26. The van der Waals surface area contributed by atoms with Crippen molar-refractivity contribution in [3.63, 3.8) is 0 Å². The minimum atomic E-state index is 0.524. The van der Waals surface area contributed by atoms with Gasteiger partial charge in [0.05, 0.1) is 0 Å². The lowest BCUT2D eigenvalue weighted by Crippen LogP contribution is -1.99. The molecule has 3 rings (SSSR count). The maximum atomic E-state index is 5.70. The summed E-state index contributed by atoms with van der Waals surface area (Å²) in [4.78, 5) is 4.51. The van der Waals surface area contributed by atoms with Gasteiger partial charge < -0.3 is 5.73 Å². The molecule has 4 nitrogen and oxygen atoms in total. The fourth-order valence-electron chi connectivity index (χ4n) is 1.83.